The molecule has 222 valence electrons. The van der Waals surface area contributed by atoms with E-state index in [1.165, 1.54) is 66.7 Å². The lowest BCUT2D eigenvalue weighted by Gasteiger charge is -2.33. The molecule has 0 fully saturated rings. The standard InChI is InChI=1S/C37H19N5O5/c1-19-14-22(18-39)15-20(2)33(19)47-29-16-28-30-26(34(43)41(36(28)45)24-8-4-21(17-38)5-9-24)12-13-27-31(30)32(29)37(46)42(35(27)44)25-10-6-23(40-3)7-11-25/h4-16H,1-2H3. The molecule has 0 saturated heterocycles. The number of imide groups is 2. The van der Waals surface area contributed by atoms with Crippen LogP contribution in [-0.4, -0.2) is 23.6 Å². The van der Waals surface area contributed by atoms with Crippen LogP contribution in [0.4, 0.5) is 17.1 Å². The van der Waals surface area contributed by atoms with Crippen LogP contribution in [0.25, 0.3) is 15.6 Å². The highest BCUT2D eigenvalue weighted by atomic mass is 16.5. The van der Waals surface area contributed by atoms with Gasteiger partial charge in [-0.05, 0) is 91.7 Å². The molecule has 0 N–H and O–H groups in total. The van der Waals surface area contributed by atoms with Crippen LogP contribution in [0, 0.1) is 43.1 Å². The number of nitrogens with zero attached hydrogens (tertiary/aromatic N) is 5. The van der Waals surface area contributed by atoms with Gasteiger partial charge in [-0.2, -0.15) is 10.5 Å². The van der Waals surface area contributed by atoms with Crippen molar-refractivity contribution in [2.45, 2.75) is 13.8 Å². The number of amides is 4. The van der Waals surface area contributed by atoms with E-state index in [0.717, 1.165) is 9.80 Å². The Balaban J connectivity index is 1.50. The first-order valence-corrected chi connectivity index (χ1v) is 14.2. The van der Waals surface area contributed by atoms with Gasteiger partial charge in [0.1, 0.15) is 11.5 Å². The van der Waals surface area contributed by atoms with Gasteiger partial charge in [0.15, 0.2) is 5.69 Å². The van der Waals surface area contributed by atoms with Crippen molar-refractivity contribution in [2.75, 3.05) is 9.80 Å². The molecule has 10 nitrogen and oxygen atoms in total. The molecule has 0 radical (unpaired) electrons. The highest BCUT2D eigenvalue weighted by Gasteiger charge is 2.43. The zero-order valence-electron chi connectivity index (χ0n) is 24.8. The van der Waals surface area contributed by atoms with Gasteiger partial charge in [-0.3, -0.25) is 19.2 Å². The monoisotopic (exact) mass is 613 g/mol. The molecule has 0 unspecified atom stereocenters. The molecule has 0 bridgehead atoms. The SMILES string of the molecule is [C-]#[N+]c1ccc(N2C(=O)c3ccc4c5c(cc(Oc6c(C)cc(C#N)cc6C)c(c35)C2=O)C(=O)N(c2ccc(C#N)cc2)C4=O)cc1. The fourth-order valence-corrected chi connectivity index (χ4v) is 6.13. The van der Waals surface area contributed by atoms with Gasteiger partial charge in [-0.25, -0.2) is 14.6 Å². The highest BCUT2D eigenvalue weighted by Crippen LogP contribution is 2.45. The smallest absolute Gasteiger partial charge is 0.269 e. The van der Waals surface area contributed by atoms with Crippen LogP contribution in [-0.2, 0) is 0 Å². The molecule has 2 heterocycles. The summed E-state index contributed by atoms with van der Waals surface area (Å²) < 4.78 is 6.44. The van der Waals surface area contributed by atoms with Gasteiger partial charge in [0.2, 0.25) is 0 Å². The van der Waals surface area contributed by atoms with E-state index in [4.69, 9.17) is 11.3 Å². The van der Waals surface area contributed by atoms with Crippen molar-refractivity contribution in [1.29, 1.82) is 10.5 Å². The van der Waals surface area contributed by atoms with Crippen molar-refractivity contribution >= 4 is 51.5 Å². The maximum Gasteiger partial charge on any atom is 0.269 e. The van der Waals surface area contributed by atoms with Crippen molar-refractivity contribution in [2.24, 2.45) is 0 Å². The molecule has 10 heteroatoms. The molecule has 5 aromatic carbocycles. The summed E-state index contributed by atoms with van der Waals surface area (Å²) in [7, 11) is 0. The van der Waals surface area contributed by atoms with E-state index in [1.54, 1.807) is 26.0 Å². The van der Waals surface area contributed by atoms with Crippen molar-refractivity contribution in [3.8, 4) is 23.6 Å². The molecule has 0 atom stereocenters. The van der Waals surface area contributed by atoms with Crippen LogP contribution < -0.4 is 14.5 Å². The minimum Gasteiger partial charge on any atom is -0.456 e. The summed E-state index contributed by atoms with van der Waals surface area (Å²) in [5, 5.41) is 19.0. The first-order chi connectivity index (χ1) is 22.7. The minimum atomic E-state index is -0.741. The third-order valence-corrected chi connectivity index (χ3v) is 8.26. The van der Waals surface area contributed by atoms with E-state index >= 15 is 0 Å². The van der Waals surface area contributed by atoms with E-state index in [2.05, 4.69) is 10.9 Å². The lowest BCUT2D eigenvalue weighted by Crippen LogP contribution is -2.43. The van der Waals surface area contributed by atoms with Gasteiger partial charge in [-0.15, -0.1) is 0 Å². The van der Waals surface area contributed by atoms with Gasteiger partial charge in [-0.1, -0.05) is 12.1 Å². The Kier molecular flexibility index (Phi) is 6.42. The molecule has 2 aliphatic rings. The second-order valence-corrected chi connectivity index (χ2v) is 11.0. The van der Waals surface area contributed by atoms with Crippen LogP contribution >= 0.6 is 0 Å². The number of anilines is 2. The summed E-state index contributed by atoms with van der Waals surface area (Å²) in [6.45, 7) is 10.8. The molecule has 0 aromatic heterocycles. The Hall–Kier alpha value is -7.09. The Bertz CT molecular complexity index is 2390. The Labute approximate surface area is 267 Å². The summed E-state index contributed by atoms with van der Waals surface area (Å²) >= 11 is 0. The number of benzene rings is 5. The molecule has 4 amide bonds. The van der Waals surface area contributed by atoms with Crippen LogP contribution in [0.1, 0.15) is 63.7 Å². The molecule has 7 rings (SSSR count). The summed E-state index contributed by atoms with van der Waals surface area (Å²) in [5.74, 6) is -2.45. The van der Waals surface area contributed by atoms with Crippen molar-refractivity contribution in [1.82, 2.24) is 0 Å². The molecule has 0 spiro atoms. The first kappa shape index (κ1) is 28.7. The zero-order chi connectivity index (χ0) is 33.1. The van der Waals surface area contributed by atoms with E-state index in [9.17, 15) is 29.7 Å². The maximum atomic E-state index is 14.4. The van der Waals surface area contributed by atoms with Crippen LogP contribution in [0.15, 0.2) is 78.9 Å². The quantitative estimate of drug-likeness (QED) is 0.155. The Morgan fingerprint density at radius 1 is 0.638 bits per heavy atom. The fourth-order valence-electron chi connectivity index (χ4n) is 6.13. The van der Waals surface area contributed by atoms with E-state index in [-0.39, 0.29) is 50.2 Å². The largest absolute Gasteiger partial charge is 0.456 e. The van der Waals surface area contributed by atoms with Gasteiger partial charge >= 0.3 is 0 Å². The second-order valence-electron chi connectivity index (χ2n) is 11.0. The topological polar surface area (TPSA) is 136 Å². The number of rotatable bonds is 4. The van der Waals surface area contributed by atoms with Crippen molar-refractivity contribution in [3.05, 3.63) is 135 Å². The summed E-state index contributed by atoms with van der Waals surface area (Å²) in [5.41, 5.74) is 2.95. The van der Waals surface area contributed by atoms with Crippen LogP contribution in [0.3, 0.4) is 0 Å². The lowest BCUT2D eigenvalue weighted by atomic mass is 9.85. The second kappa shape index (κ2) is 10.5. The third-order valence-electron chi connectivity index (χ3n) is 8.26. The lowest BCUT2D eigenvalue weighted by molar-refractivity contribution is 0.0871. The zero-order valence-corrected chi connectivity index (χ0v) is 24.8. The van der Waals surface area contributed by atoms with E-state index < -0.39 is 23.6 Å². The van der Waals surface area contributed by atoms with Crippen molar-refractivity contribution < 1.29 is 23.9 Å². The number of hydrogen-bond donors (Lipinski definition) is 0. The van der Waals surface area contributed by atoms with Gasteiger partial charge < -0.3 is 4.74 Å². The number of ether oxygens (including phenoxy) is 1. The minimum absolute atomic E-state index is 0.0231. The number of hydrogen-bond acceptors (Lipinski definition) is 7. The summed E-state index contributed by atoms with van der Waals surface area (Å²) in [6.07, 6.45) is 0. The third kappa shape index (κ3) is 4.23. The van der Waals surface area contributed by atoms with Crippen molar-refractivity contribution in [3.63, 3.8) is 0 Å². The first-order valence-electron chi connectivity index (χ1n) is 14.2. The molecule has 2 aliphatic heterocycles. The molecule has 0 aliphatic carbocycles. The predicted molar refractivity (Wildman–Crippen MR) is 171 cm³/mol. The van der Waals surface area contributed by atoms with E-state index in [0.29, 0.717) is 33.7 Å². The van der Waals surface area contributed by atoms with Gasteiger partial charge in [0.05, 0.1) is 46.7 Å². The maximum absolute atomic E-state index is 14.4. The van der Waals surface area contributed by atoms with Gasteiger partial charge in [0.25, 0.3) is 23.6 Å². The summed E-state index contributed by atoms with van der Waals surface area (Å²) in [6, 6.07) is 23.6. The average molecular weight is 614 g/mol. The number of nitriles is 2. The molecule has 5 aromatic rings. The normalized spacial score (nSPS) is 13.3. The fraction of sp³-hybridized carbons (Fsp3) is 0.0541. The molecular weight excluding hydrogens is 594 g/mol. The molecule has 0 saturated carbocycles. The van der Waals surface area contributed by atoms with Crippen LogP contribution in [0.5, 0.6) is 11.5 Å². The number of carbonyl (C=O) groups excluding carboxylic acids is 4. The number of carbonyl (C=O) groups is 4. The Morgan fingerprint density at radius 2 is 1.15 bits per heavy atom. The number of aryl methyl sites for hydroxylation is 2. The van der Waals surface area contributed by atoms with Crippen LogP contribution in [0.2, 0.25) is 0 Å². The predicted octanol–water partition coefficient (Wildman–Crippen LogP) is 7.14. The van der Waals surface area contributed by atoms with Gasteiger partial charge in [0, 0.05) is 27.6 Å². The Morgan fingerprint density at radius 3 is 1.70 bits per heavy atom. The summed E-state index contributed by atoms with van der Waals surface area (Å²) in [4.78, 5) is 61.9. The average Bonchev–Trinajstić information content (AvgIpc) is 3.08. The highest BCUT2D eigenvalue weighted by molar-refractivity contribution is 6.42. The molecule has 47 heavy (non-hydrogen) atoms. The van der Waals surface area contributed by atoms with E-state index in [1.807, 2.05) is 6.07 Å². The molecular formula is C37H19N5O5.